The number of alkyl halides is 3. The van der Waals surface area contributed by atoms with Gasteiger partial charge in [0.25, 0.3) is 0 Å². The van der Waals surface area contributed by atoms with Crippen LogP contribution in [0.3, 0.4) is 0 Å². The number of hydrogen-bond acceptors (Lipinski definition) is 3. The van der Waals surface area contributed by atoms with Gasteiger partial charge in [-0.3, -0.25) is 0 Å². The van der Waals surface area contributed by atoms with Crippen molar-refractivity contribution in [2.45, 2.75) is 32.0 Å². The Morgan fingerprint density at radius 3 is 2.76 bits per heavy atom. The molecule has 3 nitrogen and oxygen atoms in total. The molecule has 0 saturated carbocycles. The number of hydrogen-bond donors (Lipinski definition) is 2. The van der Waals surface area contributed by atoms with E-state index < -0.39 is 11.7 Å². The lowest BCUT2D eigenvalue weighted by Crippen LogP contribution is -2.20. The van der Waals surface area contributed by atoms with Gasteiger partial charge in [-0.2, -0.15) is 13.2 Å². The van der Waals surface area contributed by atoms with Crippen LogP contribution in [0.1, 0.15) is 25.3 Å². The monoisotopic (exact) mass is 247 g/mol. The van der Waals surface area contributed by atoms with Crippen molar-refractivity contribution in [3.05, 3.63) is 23.9 Å². The predicted molar refractivity (Wildman–Crippen MR) is 60.6 cm³/mol. The first kappa shape index (κ1) is 13.8. The minimum atomic E-state index is -4.38. The van der Waals surface area contributed by atoms with Gasteiger partial charge in [0.1, 0.15) is 5.82 Å². The summed E-state index contributed by atoms with van der Waals surface area (Å²) in [5, 5.41) is 2.77. The van der Waals surface area contributed by atoms with Crippen molar-refractivity contribution in [2.24, 2.45) is 5.73 Å². The largest absolute Gasteiger partial charge is 0.419 e. The summed E-state index contributed by atoms with van der Waals surface area (Å²) in [7, 11) is 0. The SMILES string of the molecule is CC(CCCN)Nc1ncccc1C(F)(F)F. The second-order valence-corrected chi connectivity index (χ2v) is 3.87. The van der Waals surface area contributed by atoms with E-state index in [0.29, 0.717) is 13.0 Å². The number of anilines is 1. The maximum Gasteiger partial charge on any atom is 0.419 e. The molecule has 0 bridgehead atoms. The zero-order chi connectivity index (χ0) is 12.9. The van der Waals surface area contributed by atoms with Gasteiger partial charge in [-0.05, 0) is 38.4 Å². The van der Waals surface area contributed by atoms with Crippen LogP contribution < -0.4 is 11.1 Å². The molecule has 1 heterocycles. The van der Waals surface area contributed by atoms with Crippen LogP contribution in [0.25, 0.3) is 0 Å². The Bertz CT molecular complexity index is 352. The van der Waals surface area contributed by atoms with Crippen molar-refractivity contribution in [3.8, 4) is 0 Å². The van der Waals surface area contributed by atoms with E-state index in [9.17, 15) is 13.2 Å². The summed E-state index contributed by atoms with van der Waals surface area (Å²) in [5.41, 5.74) is 4.61. The van der Waals surface area contributed by atoms with Gasteiger partial charge in [0, 0.05) is 12.2 Å². The molecule has 1 aromatic heterocycles. The lowest BCUT2D eigenvalue weighted by Gasteiger charge is -2.17. The summed E-state index contributed by atoms with van der Waals surface area (Å²) in [5.74, 6) is -0.121. The lowest BCUT2D eigenvalue weighted by molar-refractivity contribution is -0.137. The van der Waals surface area contributed by atoms with Gasteiger partial charge in [-0.25, -0.2) is 4.98 Å². The highest BCUT2D eigenvalue weighted by atomic mass is 19.4. The van der Waals surface area contributed by atoms with Crippen LogP contribution in [0.2, 0.25) is 0 Å². The van der Waals surface area contributed by atoms with Crippen LogP contribution in [0, 0.1) is 0 Å². The van der Waals surface area contributed by atoms with E-state index in [4.69, 9.17) is 5.73 Å². The summed E-state index contributed by atoms with van der Waals surface area (Å²) in [6.07, 6.45) is -1.57. The number of aromatic nitrogens is 1. The van der Waals surface area contributed by atoms with Gasteiger partial charge in [0.2, 0.25) is 0 Å². The molecule has 0 aliphatic carbocycles. The third-order valence-corrected chi connectivity index (χ3v) is 2.34. The number of halogens is 3. The standard InChI is InChI=1S/C11H16F3N3/c1-8(4-2-6-15)17-10-9(11(12,13)14)5-3-7-16-10/h3,5,7-8H,2,4,6,15H2,1H3,(H,16,17). The van der Waals surface area contributed by atoms with Gasteiger partial charge in [-0.15, -0.1) is 0 Å². The number of pyridine rings is 1. The first-order valence-corrected chi connectivity index (χ1v) is 5.44. The molecule has 6 heteroatoms. The Balaban J connectivity index is 2.77. The molecule has 0 aromatic carbocycles. The van der Waals surface area contributed by atoms with E-state index in [2.05, 4.69) is 10.3 Å². The minimum Gasteiger partial charge on any atom is -0.367 e. The van der Waals surface area contributed by atoms with Crippen LogP contribution in [0.15, 0.2) is 18.3 Å². The number of nitrogens with two attached hydrogens (primary N) is 1. The van der Waals surface area contributed by atoms with E-state index in [1.165, 1.54) is 12.3 Å². The molecular weight excluding hydrogens is 231 g/mol. The molecule has 1 unspecified atom stereocenters. The highest BCUT2D eigenvalue weighted by molar-refractivity contribution is 5.46. The molecule has 3 N–H and O–H groups in total. The normalized spacial score (nSPS) is 13.5. The molecule has 1 atom stereocenters. The van der Waals surface area contributed by atoms with E-state index >= 15 is 0 Å². The van der Waals surface area contributed by atoms with Gasteiger partial charge in [-0.1, -0.05) is 0 Å². The molecule has 17 heavy (non-hydrogen) atoms. The molecule has 0 aliphatic heterocycles. The Hall–Kier alpha value is -1.30. The second-order valence-electron chi connectivity index (χ2n) is 3.87. The maximum atomic E-state index is 12.7. The number of nitrogens with zero attached hydrogens (tertiary/aromatic N) is 1. The summed E-state index contributed by atoms with van der Waals surface area (Å²) in [6, 6.07) is 2.21. The van der Waals surface area contributed by atoms with Crippen molar-refractivity contribution in [1.82, 2.24) is 4.98 Å². The van der Waals surface area contributed by atoms with Crippen LogP contribution in [-0.2, 0) is 6.18 Å². The van der Waals surface area contributed by atoms with Crippen molar-refractivity contribution in [2.75, 3.05) is 11.9 Å². The van der Waals surface area contributed by atoms with E-state index in [0.717, 1.165) is 12.5 Å². The third-order valence-electron chi connectivity index (χ3n) is 2.34. The Labute approximate surface area is 98.2 Å². The fourth-order valence-corrected chi connectivity index (χ4v) is 1.48. The fraction of sp³-hybridized carbons (Fsp3) is 0.545. The fourth-order valence-electron chi connectivity index (χ4n) is 1.48. The van der Waals surface area contributed by atoms with E-state index in [1.54, 1.807) is 0 Å². The quantitative estimate of drug-likeness (QED) is 0.841. The summed E-state index contributed by atoms with van der Waals surface area (Å²) < 4.78 is 38.0. The molecule has 0 spiro atoms. The zero-order valence-electron chi connectivity index (χ0n) is 9.59. The second kappa shape index (κ2) is 5.86. The molecular formula is C11H16F3N3. The van der Waals surface area contributed by atoms with E-state index in [1.807, 2.05) is 6.92 Å². The summed E-state index contributed by atoms with van der Waals surface area (Å²) in [4.78, 5) is 3.73. The van der Waals surface area contributed by atoms with Crippen LogP contribution in [0.4, 0.5) is 19.0 Å². The number of rotatable bonds is 5. The highest BCUT2D eigenvalue weighted by Crippen LogP contribution is 2.33. The molecule has 0 amide bonds. The average molecular weight is 247 g/mol. The minimum absolute atomic E-state index is 0.0884. The highest BCUT2D eigenvalue weighted by Gasteiger charge is 2.34. The van der Waals surface area contributed by atoms with Gasteiger partial charge in [0.15, 0.2) is 0 Å². The van der Waals surface area contributed by atoms with Crippen molar-refractivity contribution >= 4 is 5.82 Å². The Kier molecular flexibility index (Phi) is 4.74. The third kappa shape index (κ3) is 4.22. The average Bonchev–Trinajstić information content (AvgIpc) is 2.25. The van der Waals surface area contributed by atoms with Gasteiger partial charge in [0.05, 0.1) is 5.56 Å². The van der Waals surface area contributed by atoms with Gasteiger partial charge < -0.3 is 11.1 Å². The van der Waals surface area contributed by atoms with Crippen molar-refractivity contribution < 1.29 is 13.2 Å². The predicted octanol–water partition coefficient (Wildman–Crippen LogP) is 2.64. The van der Waals surface area contributed by atoms with Gasteiger partial charge >= 0.3 is 6.18 Å². The molecule has 1 aromatic rings. The zero-order valence-corrected chi connectivity index (χ0v) is 9.59. The topological polar surface area (TPSA) is 50.9 Å². The first-order valence-electron chi connectivity index (χ1n) is 5.44. The lowest BCUT2D eigenvalue weighted by atomic mass is 10.1. The summed E-state index contributed by atoms with van der Waals surface area (Å²) in [6.45, 7) is 2.34. The maximum absolute atomic E-state index is 12.7. The molecule has 1 rings (SSSR count). The first-order chi connectivity index (χ1) is 7.95. The smallest absolute Gasteiger partial charge is 0.367 e. The number of nitrogens with one attached hydrogen (secondary N) is 1. The molecule has 0 fully saturated rings. The Morgan fingerprint density at radius 1 is 1.47 bits per heavy atom. The van der Waals surface area contributed by atoms with Crippen LogP contribution in [-0.4, -0.2) is 17.6 Å². The molecule has 0 saturated heterocycles. The molecule has 0 radical (unpaired) electrons. The van der Waals surface area contributed by atoms with Crippen LogP contribution in [0.5, 0.6) is 0 Å². The van der Waals surface area contributed by atoms with Crippen molar-refractivity contribution in [1.29, 1.82) is 0 Å². The summed E-state index contributed by atoms with van der Waals surface area (Å²) >= 11 is 0. The molecule has 96 valence electrons. The van der Waals surface area contributed by atoms with Crippen LogP contribution >= 0.6 is 0 Å². The molecule has 0 aliphatic rings. The Morgan fingerprint density at radius 2 is 2.18 bits per heavy atom. The van der Waals surface area contributed by atoms with Crippen molar-refractivity contribution in [3.63, 3.8) is 0 Å². The van der Waals surface area contributed by atoms with E-state index in [-0.39, 0.29) is 11.9 Å².